The van der Waals surface area contributed by atoms with Gasteiger partial charge in [0.2, 0.25) is 0 Å². The summed E-state index contributed by atoms with van der Waals surface area (Å²) in [6.45, 7) is 0. The lowest BCUT2D eigenvalue weighted by Gasteiger charge is -1.96. The first-order valence-corrected chi connectivity index (χ1v) is 4.03. The average Bonchev–Trinajstić information content (AvgIpc) is 2.62. The first-order chi connectivity index (χ1) is 7.18. The number of nitrogen functional groups attached to an aromatic ring is 1. The molecule has 2 aromatic heterocycles. The van der Waals surface area contributed by atoms with E-state index in [-0.39, 0.29) is 11.4 Å². The summed E-state index contributed by atoms with van der Waals surface area (Å²) in [4.78, 5) is 18.5. The number of nitrogens with two attached hydrogens (primary N) is 1. The SMILES string of the molecule is Nc1cn(-c2cnccn2)nc1C(=O)O. The molecule has 0 aromatic carbocycles. The number of carbonyl (C=O) groups is 1. The third-order valence-electron chi connectivity index (χ3n) is 1.73. The molecule has 0 fully saturated rings. The Labute approximate surface area is 84.2 Å². The van der Waals surface area contributed by atoms with E-state index in [1.54, 1.807) is 0 Å². The van der Waals surface area contributed by atoms with Gasteiger partial charge in [-0.25, -0.2) is 14.5 Å². The van der Waals surface area contributed by atoms with Gasteiger partial charge in [0.15, 0.2) is 11.5 Å². The fraction of sp³-hybridized carbons (Fsp3) is 0. The van der Waals surface area contributed by atoms with Gasteiger partial charge in [-0.3, -0.25) is 4.98 Å². The monoisotopic (exact) mass is 205 g/mol. The van der Waals surface area contributed by atoms with Crippen LogP contribution >= 0.6 is 0 Å². The molecule has 0 amide bonds. The molecule has 7 nitrogen and oxygen atoms in total. The maximum Gasteiger partial charge on any atom is 0.358 e. The van der Waals surface area contributed by atoms with Crippen LogP contribution in [0.1, 0.15) is 10.5 Å². The molecule has 2 heterocycles. The Balaban J connectivity index is 2.48. The van der Waals surface area contributed by atoms with Crippen molar-refractivity contribution in [1.82, 2.24) is 19.7 Å². The minimum atomic E-state index is -1.17. The molecule has 0 unspecified atom stereocenters. The van der Waals surface area contributed by atoms with Crippen LogP contribution in [0, 0.1) is 0 Å². The van der Waals surface area contributed by atoms with Crippen molar-refractivity contribution in [2.45, 2.75) is 0 Å². The quantitative estimate of drug-likeness (QED) is 0.711. The molecular formula is C8H7N5O2. The zero-order chi connectivity index (χ0) is 10.8. The van der Waals surface area contributed by atoms with Crippen molar-refractivity contribution in [1.29, 1.82) is 0 Å². The summed E-state index contributed by atoms with van der Waals surface area (Å²) in [7, 11) is 0. The van der Waals surface area contributed by atoms with Crippen LogP contribution < -0.4 is 5.73 Å². The number of rotatable bonds is 2. The first kappa shape index (κ1) is 9.13. The topological polar surface area (TPSA) is 107 Å². The zero-order valence-corrected chi connectivity index (χ0v) is 7.53. The molecule has 0 saturated carbocycles. The molecule has 2 aromatic rings. The highest BCUT2D eigenvalue weighted by atomic mass is 16.4. The maximum absolute atomic E-state index is 10.7. The number of aromatic carboxylic acids is 1. The van der Waals surface area contributed by atoms with Crippen LogP contribution in [0.5, 0.6) is 0 Å². The van der Waals surface area contributed by atoms with Crippen molar-refractivity contribution in [2.75, 3.05) is 5.73 Å². The lowest BCUT2D eigenvalue weighted by Crippen LogP contribution is -2.03. The predicted octanol–water partition coefficient (Wildman–Crippen LogP) is -0.0573. The van der Waals surface area contributed by atoms with Crippen LogP contribution in [0.25, 0.3) is 5.82 Å². The van der Waals surface area contributed by atoms with Gasteiger partial charge in [0, 0.05) is 12.4 Å². The highest BCUT2D eigenvalue weighted by Gasteiger charge is 2.14. The van der Waals surface area contributed by atoms with Gasteiger partial charge < -0.3 is 10.8 Å². The number of hydrogen-bond acceptors (Lipinski definition) is 5. The summed E-state index contributed by atoms with van der Waals surface area (Å²) >= 11 is 0. The fourth-order valence-corrected chi connectivity index (χ4v) is 1.08. The Morgan fingerprint density at radius 2 is 2.27 bits per heavy atom. The molecule has 15 heavy (non-hydrogen) atoms. The molecule has 0 bridgehead atoms. The van der Waals surface area contributed by atoms with Crippen molar-refractivity contribution >= 4 is 11.7 Å². The smallest absolute Gasteiger partial charge is 0.358 e. The molecule has 76 valence electrons. The van der Waals surface area contributed by atoms with Gasteiger partial charge >= 0.3 is 5.97 Å². The number of nitrogens with zero attached hydrogens (tertiary/aromatic N) is 4. The number of carboxylic acids is 1. The van der Waals surface area contributed by atoms with Crippen LogP contribution in [-0.4, -0.2) is 30.8 Å². The highest BCUT2D eigenvalue weighted by Crippen LogP contribution is 2.11. The first-order valence-electron chi connectivity index (χ1n) is 4.03. The van der Waals surface area contributed by atoms with Crippen LogP contribution in [0.4, 0.5) is 5.69 Å². The highest BCUT2D eigenvalue weighted by molar-refractivity contribution is 5.91. The molecular weight excluding hydrogens is 198 g/mol. The maximum atomic E-state index is 10.7. The van der Waals surface area contributed by atoms with Crippen molar-refractivity contribution in [2.24, 2.45) is 0 Å². The molecule has 0 aliphatic carbocycles. The van der Waals surface area contributed by atoms with Crippen molar-refractivity contribution in [3.8, 4) is 5.82 Å². The number of carboxylic acid groups (broad SMARTS) is 1. The van der Waals surface area contributed by atoms with E-state index in [2.05, 4.69) is 15.1 Å². The van der Waals surface area contributed by atoms with E-state index in [0.29, 0.717) is 5.82 Å². The molecule has 0 radical (unpaired) electrons. The van der Waals surface area contributed by atoms with Crippen LogP contribution in [0.3, 0.4) is 0 Å². The van der Waals surface area contributed by atoms with Crippen LogP contribution in [-0.2, 0) is 0 Å². The van der Waals surface area contributed by atoms with Gasteiger partial charge in [-0.05, 0) is 0 Å². The largest absolute Gasteiger partial charge is 0.476 e. The molecule has 0 saturated heterocycles. The number of aromatic nitrogens is 4. The summed E-state index contributed by atoms with van der Waals surface area (Å²) < 4.78 is 1.27. The molecule has 0 spiro atoms. The van der Waals surface area contributed by atoms with Gasteiger partial charge in [0.25, 0.3) is 0 Å². The normalized spacial score (nSPS) is 10.1. The van der Waals surface area contributed by atoms with Crippen molar-refractivity contribution < 1.29 is 9.90 Å². The average molecular weight is 205 g/mol. The van der Waals surface area contributed by atoms with E-state index in [4.69, 9.17) is 10.8 Å². The van der Waals surface area contributed by atoms with E-state index in [1.807, 2.05) is 0 Å². The Morgan fingerprint density at radius 3 is 2.80 bits per heavy atom. The van der Waals surface area contributed by atoms with Crippen molar-refractivity contribution in [3.05, 3.63) is 30.5 Å². The molecule has 7 heteroatoms. The van der Waals surface area contributed by atoms with Crippen molar-refractivity contribution in [3.63, 3.8) is 0 Å². The third-order valence-corrected chi connectivity index (χ3v) is 1.73. The second-order valence-electron chi connectivity index (χ2n) is 2.75. The molecule has 0 aliphatic rings. The van der Waals surface area contributed by atoms with Crippen LogP contribution in [0.15, 0.2) is 24.8 Å². The second-order valence-corrected chi connectivity index (χ2v) is 2.75. The second kappa shape index (κ2) is 3.37. The Kier molecular flexibility index (Phi) is 2.05. The predicted molar refractivity (Wildman–Crippen MR) is 50.5 cm³/mol. The fourth-order valence-electron chi connectivity index (χ4n) is 1.08. The lowest BCUT2D eigenvalue weighted by atomic mass is 10.4. The van der Waals surface area contributed by atoms with Gasteiger partial charge in [-0.1, -0.05) is 0 Å². The van der Waals surface area contributed by atoms with E-state index in [9.17, 15) is 4.79 Å². The molecule has 3 N–H and O–H groups in total. The summed E-state index contributed by atoms with van der Waals surface area (Å²) in [5.41, 5.74) is 5.36. The minimum Gasteiger partial charge on any atom is -0.476 e. The van der Waals surface area contributed by atoms with Gasteiger partial charge in [-0.15, -0.1) is 0 Å². The Bertz CT molecular complexity index is 493. The summed E-state index contributed by atoms with van der Waals surface area (Å²) in [6.07, 6.45) is 5.83. The van der Waals surface area contributed by atoms with E-state index >= 15 is 0 Å². The molecule has 2 rings (SSSR count). The zero-order valence-electron chi connectivity index (χ0n) is 7.53. The Morgan fingerprint density at radius 1 is 1.47 bits per heavy atom. The molecule has 0 aliphatic heterocycles. The number of hydrogen-bond donors (Lipinski definition) is 2. The summed E-state index contributed by atoms with van der Waals surface area (Å²) in [5, 5.41) is 12.5. The lowest BCUT2D eigenvalue weighted by molar-refractivity contribution is 0.0691. The van der Waals surface area contributed by atoms with Crippen LogP contribution in [0.2, 0.25) is 0 Å². The minimum absolute atomic E-state index is 0.0909. The number of anilines is 1. The van der Waals surface area contributed by atoms with Gasteiger partial charge in [-0.2, -0.15) is 5.10 Å². The van der Waals surface area contributed by atoms with Gasteiger partial charge in [0.05, 0.1) is 18.1 Å². The third kappa shape index (κ3) is 1.62. The molecule has 0 atom stereocenters. The van der Waals surface area contributed by atoms with E-state index in [1.165, 1.54) is 29.5 Å². The van der Waals surface area contributed by atoms with E-state index in [0.717, 1.165) is 0 Å². The van der Waals surface area contributed by atoms with Gasteiger partial charge in [0.1, 0.15) is 0 Å². The summed E-state index contributed by atoms with van der Waals surface area (Å²) in [6, 6.07) is 0. The Hall–Kier alpha value is -2.44. The van der Waals surface area contributed by atoms with E-state index < -0.39 is 5.97 Å². The summed E-state index contributed by atoms with van der Waals surface area (Å²) in [5.74, 6) is -0.758. The standard InChI is InChI=1S/C8H7N5O2/c9-5-4-13(12-7(5)8(14)15)6-3-10-1-2-11-6/h1-4H,9H2,(H,14,15).